The first-order valence-corrected chi connectivity index (χ1v) is 8.58. The van der Waals surface area contributed by atoms with Crippen molar-refractivity contribution in [1.29, 1.82) is 0 Å². The molecule has 124 valence electrons. The minimum absolute atomic E-state index is 0.212. The monoisotopic (exact) mass is 297 g/mol. The fraction of sp³-hybridized carbons (Fsp3) is 0.941. The second-order valence-electron chi connectivity index (χ2n) is 7.48. The summed E-state index contributed by atoms with van der Waals surface area (Å²) >= 11 is 0. The lowest BCUT2D eigenvalue weighted by molar-refractivity contribution is -0.122. The van der Waals surface area contributed by atoms with Crippen LogP contribution in [-0.4, -0.2) is 43.0 Å². The maximum absolute atomic E-state index is 12.2. The Bertz CT molecular complexity index is 312. The SMILES string of the molecule is CCN1CCCC(NC(=O)CCC(CCN)C(C)(C)C)C1. The van der Waals surface area contributed by atoms with Crippen LogP contribution >= 0.6 is 0 Å². The Hall–Kier alpha value is -0.610. The zero-order valence-electron chi connectivity index (χ0n) is 14.5. The Kier molecular flexibility index (Phi) is 7.67. The average molecular weight is 297 g/mol. The number of carbonyl (C=O) groups is 1. The summed E-state index contributed by atoms with van der Waals surface area (Å²) in [5.41, 5.74) is 5.93. The van der Waals surface area contributed by atoms with E-state index in [1.807, 2.05) is 0 Å². The zero-order valence-corrected chi connectivity index (χ0v) is 14.5. The molecule has 0 bridgehead atoms. The fourth-order valence-electron chi connectivity index (χ4n) is 3.28. The van der Waals surface area contributed by atoms with Crippen molar-refractivity contribution in [2.45, 2.75) is 65.8 Å². The number of likely N-dealkylation sites (N-methyl/N-ethyl adjacent to an activating group) is 1. The Morgan fingerprint density at radius 2 is 2.10 bits per heavy atom. The minimum atomic E-state index is 0.212. The smallest absolute Gasteiger partial charge is 0.220 e. The van der Waals surface area contributed by atoms with E-state index in [0.717, 1.165) is 32.4 Å². The quantitative estimate of drug-likeness (QED) is 0.758. The summed E-state index contributed by atoms with van der Waals surface area (Å²) in [6.07, 6.45) is 4.88. The number of amides is 1. The minimum Gasteiger partial charge on any atom is -0.352 e. The Morgan fingerprint density at radius 3 is 2.67 bits per heavy atom. The summed E-state index contributed by atoms with van der Waals surface area (Å²) in [5.74, 6) is 0.732. The van der Waals surface area contributed by atoms with Gasteiger partial charge in [-0.2, -0.15) is 0 Å². The van der Waals surface area contributed by atoms with Gasteiger partial charge in [0.1, 0.15) is 0 Å². The Labute approximate surface area is 130 Å². The zero-order chi connectivity index (χ0) is 15.9. The van der Waals surface area contributed by atoms with Crippen LogP contribution in [0.2, 0.25) is 0 Å². The van der Waals surface area contributed by atoms with Crippen LogP contribution in [0, 0.1) is 11.3 Å². The van der Waals surface area contributed by atoms with E-state index in [9.17, 15) is 4.79 Å². The lowest BCUT2D eigenvalue weighted by Gasteiger charge is -2.33. The summed E-state index contributed by atoms with van der Waals surface area (Å²) in [4.78, 5) is 14.6. The number of carbonyl (C=O) groups excluding carboxylic acids is 1. The van der Waals surface area contributed by atoms with Crippen molar-refractivity contribution in [1.82, 2.24) is 10.2 Å². The maximum Gasteiger partial charge on any atom is 0.220 e. The van der Waals surface area contributed by atoms with E-state index in [0.29, 0.717) is 24.9 Å². The molecule has 2 unspecified atom stereocenters. The molecule has 0 spiro atoms. The maximum atomic E-state index is 12.2. The molecule has 1 amide bonds. The van der Waals surface area contributed by atoms with Gasteiger partial charge in [-0.1, -0.05) is 27.7 Å². The molecule has 1 fully saturated rings. The van der Waals surface area contributed by atoms with Crippen LogP contribution in [0.5, 0.6) is 0 Å². The van der Waals surface area contributed by atoms with Crippen LogP contribution in [0.3, 0.4) is 0 Å². The predicted molar refractivity (Wildman–Crippen MR) is 89.1 cm³/mol. The largest absolute Gasteiger partial charge is 0.352 e. The van der Waals surface area contributed by atoms with Gasteiger partial charge in [-0.15, -0.1) is 0 Å². The highest BCUT2D eigenvalue weighted by atomic mass is 16.1. The molecule has 1 rings (SSSR count). The van der Waals surface area contributed by atoms with Gasteiger partial charge in [0.25, 0.3) is 0 Å². The molecule has 2 atom stereocenters. The topological polar surface area (TPSA) is 58.4 Å². The van der Waals surface area contributed by atoms with Crippen LogP contribution in [0.4, 0.5) is 0 Å². The van der Waals surface area contributed by atoms with E-state index in [4.69, 9.17) is 5.73 Å². The predicted octanol–water partition coefficient (Wildman–Crippen LogP) is 2.38. The third-order valence-electron chi connectivity index (χ3n) is 4.78. The van der Waals surface area contributed by atoms with Crippen LogP contribution in [0.25, 0.3) is 0 Å². The molecule has 4 nitrogen and oxygen atoms in total. The summed E-state index contributed by atoms with van der Waals surface area (Å²) in [7, 11) is 0. The van der Waals surface area contributed by atoms with Crippen molar-refractivity contribution < 1.29 is 4.79 Å². The molecule has 3 N–H and O–H groups in total. The highest BCUT2D eigenvalue weighted by Crippen LogP contribution is 2.32. The number of piperidine rings is 1. The van der Waals surface area contributed by atoms with Gasteiger partial charge in [0.15, 0.2) is 0 Å². The molecular formula is C17H35N3O. The van der Waals surface area contributed by atoms with E-state index >= 15 is 0 Å². The van der Waals surface area contributed by atoms with Gasteiger partial charge in [-0.05, 0) is 56.7 Å². The number of nitrogens with two attached hydrogens (primary N) is 1. The summed E-state index contributed by atoms with van der Waals surface area (Å²) < 4.78 is 0. The van der Waals surface area contributed by atoms with Crippen LogP contribution in [0.1, 0.15) is 59.8 Å². The molecule has 1 heterocycles. The van der Waals surface area contributed by atoms with Crippen molar-refractivity contribution in [2.75, 3.05) is 26.2 Å². The van der Waals surface area contributed by atoms with Gasteiger partial charge < -0.3 is 16.0 Å². The molecular weight excluding hydrogens is 262 g/mol. The van der Waals surface area contributed by atoms with E-state index in [-0.39, 0.29) is 11.3 Å². The van der Waals surface area contributed by atoms with Gasteiger partial charge >= 0.3 is 0 Å². The number of likely N-dealkylation sites (tertiary alicyclic amines) is 1. The standard InChI is InChI=1S/C17H35N3O/c1-5-20-12-6-7-15(13-20)19-16(21)9-8-14(10-11-18)17(2,3)4/h14-15H,5-13,18H2,1-4H3,(H,19,21). The van der Waals surface area contributed by atoms with Gasteiger partial charge in [-0.3, -0.25) is 4.79 Å². The normalized spacial score (nSPS) is 22.0. The van der Waals surface area contributed by atoms with Crippen LogP contribution in [-0.2, 0) is 4.79 Å². The molecule has 1 saturated heterocycles. The van der Waals surface area contributed by atoms with Crippen molar-refractivity contribution >= 4 is 5.91 Å². The highest BCUT2D eigenvalue weighted by Gasteiger charge is 2.25. The lowest BCUT2D eigenvalue weighted by Crippen LogP contribution is -2.47. The molecule has 4 heteroatoms. The first-order valence-electron chi connectivity index (χ1n) is 8.58. The van der Waals surface area contributed by atoms with E-state index in [2.05, 4.69) is 37.9 Å². The van der Waals surface area contributed by atoms with Crippen molar-refractivity contribution in [3.05, 3.63) is 0 Å². The first kappa shape index (κ1) is 18.4. The number of rotatable bonds is 7. The van der Waals surface area contributed by atoms with E-state index in [1.54, 1.807) is 0 Å². The average Bonchev–Trinajstić information content (AvgIpc) is 2.42. The molecule has 0 aromatic rings. The van der Waals surface area contributed by atoms with Crippen molar-refractivity contribution in [2.24, 2.45) is 17.1 Å². The molecule has 1 aliphatic rings. The summed E-state index contributed by atoms with van der Waals surface area (Å²) in [5, 5.41) is 3.22. The molecule has 0 aromatic carbocycles. The van der Waals surface area contributed by atoms with Gasteiger partial charge in [0, 0.05) is 19.0 Å². The summed E-state index contributed by atoms with van der Waals surface area (Å²) in [6, 6.07) is 0.341. The first-order chi connectivity index (χ1) is 9.86. The van der Waals surface area contributed by atoms with Crippen molar-refractivity contribution in [3.8, 4) is 0 Å². The lowest BCUT2D eigenvalue weighted by atomic mass is 9.76. The molecule has 0 radical (unpaired) electrons. The number of hydrogen-bond acceptors (Lipinski definition) is 3. The second-order valence-corrected chi connectivity index (χ2v) is 7.48. The van der Waals surface area contributed by atoms with Gasteiger partial charge in [-0.25, -0.2) is 0 Å². The van der Waals surface area contributed by atoms with Crippen molar-refractivity contribution in [3.63, 3.8) is 0 Å². The van der Waals surface area contributed by atoms with E-state index in [1.165, 1.54) is 13.0 Å². The van der Waals surface area contributed by atoms with Crippen LogP contribution < -0.4 is 11.1 Å². The molecule has 0 saturated carbocycles. The molecule has 0 aromatic heterocycles. The third-order valence-corrected chi connectivity index (χ3v) is 4.78. The fourth-order valence-corrected chi connectivity index (χ4v) is 3.28. The van der Waals surface area contributed by atoms with Gasteiger partial charge in [0.05, 0.1) is 0 Å². The number of nitrogens with one attached hydrogen (secondary N) is 1. The Morgan fingerprint density at radius 1 is 1.38 bits per heavy atom. The second kappa shape index (κ2) is 8.74. The van der Waals surface area contributed by atoms with E-state index < -0.39 is 0 Å². The highest BCUT2D eigenvalue weighted by molar-refractivity contribution is 5.76. The molecule has 1 aliphatic heterocycles. The molecule has 21 heavy (non-hydrogen) atoms. The number of nitrogens with zero attached hydrogens (tertiary/aromatic N) is 1. The summed E-state index contributed by atoms with van der Waals surface area (Å²) in [6.45, 7) is 12.9. The van der Waals surface area contributed by atoms with Crippen LogP contribution in [0.15, 0.2) is 0 Å². The van der Waals surface area contributed by atoms with Gasteiger partial charge in [0.2, 0.25) is 5.91 Å². The third kappa shape index (κ3) is 6.79. The number of hydrogen-bond donors (Lipinski definition) is 2. The Balaban J connectivity index is 2.35. The molecule has 0 aliphatic carbocycles.